The van der Waals surface area contributed by atoms with E-state index >= 15 is 0 Å². The first-order valence-electron chi connectivity index (χ1n) is 13.7. The molecule has 0 aromatic rings. The molecular weight excluding hydrogens is 392 g/mol. The van der Waals surface area contributed by atoms with E-state index in [1.54, 1.807) is 0 Å². The Hall–Kier alpha value is -0.630. The van der Waals surface area contributed by atoms with Crippen LogP contribution in [0.1, 0.15) is 107 Å². The number of carbonyl (C=O) groups excluding carboxylic acids is 1. The van der Waals surface area contributed by atoms with E-state index in [9.17, 15) is 9.90 Å². The molecule has 0 aromatic heterocycles. The zero-order valence-corrected chi connectivity index (χ0v) is 22.1. The van der Waals surface area contributed by atoms with E-state index in [2.05, 4.69) is 61.5 Å². The zero-order chi connectivity index (χ0) is 23.5. The number of hydrogen-bond acceptors (Lipinski definition) is 2. The average molecular weight is 441 g/mol. The summed E-state index contributed by atoms with van der Waals surface area (Å²) in [5.74, 6) is 3.40. The summed E-state index contributed by atoms with van der Waals surface area (Å²) < 4.78 is 0. The number of carbonyl (C=O) groups is 1. The van der Waals surface area contributed by atoms with Crippen LogP contribution in [0.15, 0.2) is 11.6 Å². The van der Waals surface area contributed by atoms with E-state index < -0.39 is 0 Å². The van der Waals surface area contributed by atoms with Crippen LogP contribution in [-0.4, -0.2) is 17.0 Å². The first-order valence-corrected chi connectivity index (χ1v) is 13.7. The first-order chi connectivity index (χ1) is 14.7. The fourth-order valence-corrected chi connectivity index (χ4v) is 11.0. The Morgan fingerprint density at radius 1 is 0.875 bits per heavy atom. The number of aliphatic hydroxyl groups is 1. The molecular formula is C30H48O2. The summed E-state index contributed by atoms with van der Waals surface area (Å²) in [6.07, 6.45) is 11.2. The van der Waals surface area contributed by atoms with Gasteiger partial charge >= 0.3 is 0 Å². The van der Waals surface area contributed by atoms with Gasteiger partial charge in [0.05, 0.1) is 6.10 Å². The van der Waals surface area contributed by atoms with Crippen molar-refractivity contribution in [3.05, 3.63) is 11.6 Å². The van der Waals surface area contributed by atoms with Crippen LogP contribution in [-0.2, 0) is 4.79 Å². The van der Waals surface area contributed by atoms with Crippen LogP contribution < -0.4 is 0 Å². The molecule has 1 N–H and O–H groups in total. The molecule has 2 nitrogen and oxygen atoms in total. The monoisotopic (exact) mass is 440 g/mol. The van der Waals surface area contributed by atoms with Crippen molar-refractivity contribution in [2.75, 3.05) is 0 Å². The second-order valence-corrected chi connectivity index (χ2v) is 14.5. The summed E-state index contributed by atoms with van der Waals surface area (Å²) in [6.45, 7) is 19.2. The lowest BCUT2D eigenvalue weighted by Crippen LogP contribution is -2.64. The van der Waals surface area contributed by atoms with Gasteiger partial charge in [-0.25, -0.2) is 0 Å². The molecule has 0 aromatic carbocycles. The lowest BCUT2D eigenvalue weighted by molar-refractivity contribution is -0.176. The van der Waals surface area contributed by atoms with Crippen molar-refractivity contribution in [1.82, 2.24) is 0 Å². The van der Waals surface area contributed by atoms with Gasteiger partial charge in [-0.15, -0.1) is 0 Å². The van der Waals surface area contributed by atoms with Crippen LogP contribution in [0.25, 0.3) is 0 Å². The second-order valence-electron chi connectivity index (χ2n) is 14.5. The fraction of sp³-hybridized carbons (Fsp3) is 0.900. The van der Waals surface area contributed by atoms with Crippen LogP contribution in [0.5, 0.6) is 0 Å². The Kier molecular flexibility index (Phi) is 4.87. The molecule has 0 saturated heterocycles. The van der Waals surface area contributed by atoms with Gasteiger partial charge in [0.1, 0.15) is 0 Å². The summed E-state index contributed by atoms with van der Waals surface area (Å²) in [5, 5.41) is 10.8. The molecule has 9 atom stereocenters. The number of aliphatic hydroxyl groups excluding tert-OH is 1. The minimum Gasteiger partial charge on any atom is -0.393 e. The normalized spacial score (nSPS) is 54.4. The third kappa shape index (κ3) is 2.49. The van der Waals surface area contributed by atoms with Gasteiger partial charge in [-0.2, -0.15) is 0 Å². The Morgan fingerprint density at radius 3 is 2.19 bits per heavy atom. The minimum atomic E-state index is -0.231. The highest BCUT2D eigenvalue weighted by Gasteiger charge is 2.71. The van der Waals surface area contributed by atoms with Gasteiger partial charge in [0.15, 0.2) is 5.78 Å². The van der Waals surface area contributed by atoms with Crippen LogP contribution in [0.3, 0.4) is 0 Å². The van der Waals surface area contributed by atoms with Gasteiger partial charge in [-0.05, 0) is 109 Å². The van der Waals surface area contributed by atoms with E-state index in [1.807, 2.05) is 0 Å². The second kappa shape index (κ2) is 6.73. The minimum absolute atomic E-state index is 0.0581. The Labute approximate surface area is 197 Å². The zero-order valence-electron chi connectivity index (χ0n) is 22.1. The third-order valence-corrected chi connectivity index (χ3v) is 13.1. The predicted molar refractivity (Wildman–Crippen MR) is 131 cm³/mol. The number of fused-ring (bicyclic) bond motifs is 7. The van der Waals surface area contributed by atoms with Crippen LogP contribution in [0.2, 0.25) is 0 Å². The van der Waals surface area contributed by atoms with Gasteiger partial charge in [0, 0.05) is 5.41 Å². The summed E-state index contributed by atoms with van der Waals surface area (Å²) in [4.78, 5) is 14.3. The number of hydrogen-bond donors (Lipinski definition) is 1. The molecule has 180 valence electrons. The van der Waals surface area contributed by atoms with Crippen molar-refractivity contribution in [3.63, 3.8) is 0 Å². The largest absolute Gasteiger partial charge is 0.393 e. The third-order valence-electron chi connectivity index (χ3n) is 13.1. The molecule has 9 unspecified atom stereocenters. The van der Waals surface area contributed by atoms with Gasteiger partial charge < -0.3 is 5.11 Å². The Balaban J connectivity index is 1.61. The van der Waals surface area contributed by atoms with Gasteiger partial charge in [-0.1, -0.05) is 61.0 Å². The Bertz CT molecular complexity index is 853. The molecule has 5 aliphatic carbocycles. The van der Waals surface area contributed by atoms with E-state index in [0.29, 0.717) is 34.9 Å². The summed E-state index contributed by atoms with van der Waals surface area (Å²) in [6, 6.07) is 0. The molecule has 0 bridgehead atoms. The van der Waals surface area contributed by atoms with E-state index in [1.165, 1.54) is 44.1 Å². The SMILES string of the molecule is CC(C)C1CCC2C1(C)CCC1(C)C3CCC4C(C)(CCC(O)C4(C)C)C3=CC(=O)C21C. The number of rotatable bonds is 1. The quantitative estimate of drug-likeness (QED) is 0.468. The van der Waals surface area contributed by atoms with Crippen molar-refractivity contribution in [3.8, 4) is 0 Å². The average Bonchev–Trinajstić information content (AvgIpc) is 3.07. The summed E-state index contributed by atoms with van der Waals surface area (Å²) in [5.41, 5.74) is 1.60. The van der Waals surface area contributed by atoms with Crippen molar-refractivity contribution in [1.29, 1.82) is 0 Å². The van der Waals surface area contributed by atoms with Gasteiger partial charge in [-0.3, -0.25) is 4.79 Å². The standard InChI is InChI=1S/C30H48O2/c1-18(2)19-9-12-23-28(19,6)15-16-29(7)20-10-11-22-26(3,4)24(31)13-14-27(22,5)21(20)17-25(32)30(23,29)8/h17-20,22-24,31H,9-16H2,1-8H3. The fourth-order valence-electron chi connectivity index (χ4n) is 11.0. The van der Waals surface area contributed by atoms with Crippen molar-refractivity contribution in [2.45, 2.75) is 113 Å². The highest BCUT2D eigenvalue weighted by Crippen LogP contribution is 2.75. The molecule has 2 heteroatoms. The maximum Gasteiger partial charge on any atom is 0.162 e. The lowest BCUT2D eigenvalue weighted by atomic mass is 9.35. The van der Waals surface area contributed by atoms with Gasteiger partial charge in [0.25, 0.3) is 0 Å². The Morgan fingerprint density at radius 2 is 1.53 bits per heavy atom. The molecule has 4 saturated carbocycles. The highest BCUT2D eigenvalue weighted by molar-refractivity contribution is 5.98. The predicted octanol–water partition coefficient (Wildman–Crippen LogP) is 7.20. The number of ketones is 1. The number of allylic oxidation sites excluding steroid dienone is 2. The molecule has 0 aliphatic heterocycles. The van der Waals surface area contributed by atoms with Crippen molar-refractivity contribution < 1.29 is 9.90 Å². The van der Waals surface area contributed by atoms with E-state index in [0.717, 1.165) is 18.8 Å². The molecule has 0 amide bonds. The van der Waals surface area contributed by atoms with Crippen LogP contribution in [0.4, 0.5) is 0 Å². The van der Waals surface area contributed by atoms with Crippen molar-refractivity contribution in [2.24, 2.45) is 56.7 Å². The topological polar surface area (TPSA) is 37.3 Å². The maximum atomic E-state index is 14.3. The maximum absolute atomic E-state index is 14.3. The molecule has 5 rings (SSSR count). The molecule has 0 heterocycles. The van der Waals surface area contributed by atoms with Crippen molar-refractivity contribution >= 4 is 5.78 Å². The summed E-state index contributed by atoms with van der Waals surface area (Å²) >= 11 is 0. The first kappa shape index (κ1) is 23.1. The molecule has 5 aliphatic rings. The van der Waals surface area contributed by atoms with E-state index in [-0.39, 0.29) is 27.8 Å². The molecule has 4 fully saturated rings. The van der Waals surface area contributed by atoms with E-state index in [4.69, 9.17) is 0 Å². The molecule has 0 radical (unpaired) electrons. The van der Waals surface area contributed by atoms with Crippen LogP contribution >= 0.6 is 0 Å². The molecule has 32 heavy (non-hydrogen) atoms. The van der Waals surface area contributed by atoms with Crippen LogP contribution in [0, 0.1) is 56.7 Å². The molecule has 0 spiro atoms. The van der Waals surface area contributed by atoms with Gasteiger partial charge in [0.2, 0.25) is 0 Å². The smallest absolute Gasteiger partial charge is 0.162 e. The lowest BCUT2D eigenvalue weighted by Gasteiger charge is -2.68. The highest BCUT2D eigenvalue weighted by atomic mass is 16.3. The summed E-state index contributed by atoms with van der Waals surface area (Å²) in [7, 11) is 0.